The van der Waals surface area contributed by atoms with Gasteiger partial charge in [-0.05, 0) is 50.4 Å². The minimum atomic E-state index is 0.185. The molecule has 1 fully saturated rings. The number of rotatable bonds is 4. The van der Waals surface area contributed by atoms with Gasteiger partial charge in [0.05, 0.1) is 0 Å². The minimum Gasteiger partial charge on any atom is -0.353 e. The molecule has 1 aromatic rings. The smallest absolute Gasteiger partial charge is 0.220 e. The van der Waals surface area contributed by atoms with Gasteiger partial charge in [0.25, 0.3) is 0 Å². The second kappa shape index (κ2) is 6.55. The molecule has 0 spiro atoms. The van der Waals surface area contributed by atoms with E-state index < -0.39 is 0 Å². The zero-order valence-corrected chi connectivity index (χ0v) is 11.0. The number of benzene rings is 1. The van der Waals surface area contributed by atoms with Crippen LogP contribution in [0.25, 0.3) is 0 Å². The molecule has 0 radical (unpaired) electrons. The van der Waals surface area contributed by atoms with Gasteiger partial charge in [-0.15, -0.1) is 0 Å². The maximum atomic E-state index is 11.9. The van der Waals surface area contributed by atoms with Gasteiger partial charge in [0.15, 0.2) is 0 Å². The normalized spacial score (nSPS) is 16.5. The number of hydrogen-bond acceptors (Lipinski definition) is 2. The molecule has 0 aromatic heterocycles. The Morgan fingerprint density at radius 2 is 2.06 bits per heavy atom. The molecule has 2 rings (SSSR count). The summed E-state index contributed by atoms with van der Waals surface area (Å²) in [6.07, 6.45) is 3.53. The Hall–Kier alpha value is -1.35. The fraction of sp³-hybridized carbons (Fsp3) is 0.533. The molecule has 1 aliphatic heterocycles. The maximum Gasteiger partial charge on any atom is 0.220 e. The van der Waals surface area contributed by atoms with E-state index in [9.17, 15) is 4.79 Å². The van der Waals surface area contributed by atoms with Crippen LogP contribution in [-0.2, 0) is 11.2 Å². The summed E-state index contributed by atoms with van der Waals surface area (Å²) in [7, 11) is 0. The van der Waals surface area contributed by atoms with Crippen LogP contribution in [0.1, 0.15) is 30.4 Å². The molecule has 0 bridgehead atoms. The van der Waals surface area contributed by atoms with Crippen LogP contribution in [0.15, 0.2) is 24.3 Å². The van der Waals surface area contributed by atoms with Crippen LogP contribution in [0, 0.1) is 6.92 Å². The average molecular weight is 246 g/mol. The number of aryl methyl sites for hydroxylation is 2. The molecule has 1 amide bonds. The lowest BCUT2D eigenvalue weighted by Crippen LogP contribution is -2.42. The molecule has 98 valence electrons. The molecule has 18 heavy (non-hydrogen) atoms. The molecular weight excluding hydrogens is 224 g/mol. The van der Waals surface area contributed by atoms with Crippen molar-refractivity contribution in [1.29, 1.82) is 0 Å². The Kier molecular flexibility index (Phi) is 4.76. The van der Waals surface area contributed by atoms with Crippen molar-refractivity contribution in [3.05, 3.63) is 35.4 Å². The Morgan fingerprint density at radius 1 is 1.33 bits per heavy atom. The summed E-state index contributed by atoms with van der Waals surface area (Å²) in [6.45, 7) is 4.13. The van der Waals surface area contributed by atoms with Crippen molar-refractivity contribution in [2.75, 3.05) is 13.1 Å². The summed E-state index contributed by atoms with van der Waals surface area (Å²) in [5.41, 5.74) is 2.55. The van der Waals surface area contributed by atoms with Crippen LogP contribution < -0.4 is 10.6 Å². The lowest BCUT2D eigenvalue weighted by molar-refractivity contribution is -0.121. The number of nitrogens with one attached hydrogen (secondary N) is 2. The predicted molar refractivity (Wildman–Crippen MR) is 73.5 cm³/mol. The predicted octanol–water partition coefficient (Wildman–Crippen LogP) is 1.80. The molecular formula is C15H22N2O. The van der Waals surface area contributed by atoms with Crippen LogP contribution >= 0.6 is 0 Å². The van der Waals surface area contributed by atoms with E-state index in [1.807, 2.05) is 12.1 Å². The number of carbonyl (C=O) groups is 1. The topological polar surface area (TPSA) is 41.1 Å². The second-order valence-corrected chi connectivity index (χ2v) is 5.02. The van der Waals surface area contributed by atoms with E-state index in [1.54, 1.807) is 0 Å². The third-order valence-electron chi connectivity index (χ3n) is 3.59. The molecule has 1 heterocycles. The van der Waals surface area contributed by atoms with Gasteiger partial charge >= 0.3 is 0 Å². The molecule has 1 aliphatic rings. The van der Waals surface area contributed by atoms with Gasteiger partial charge < -0.3 is 10.6 Å². The van der Waals surface area contributed by atoms with E-state index in [1.165, 1.54) is 11.1 Å². The average Bonchev–Trinajstić information content (AvgIpc) is 2.39. The van der Waals surface area contributed by atoms with E-state index in [0.717, 1.165) is 32.4 Å². The summed E-state index contributed by atoms with van der Waals surface area (Å²) < 4.78 is 0. The summed E-state index contributed by atoms with van der Waals surface area (Å²) in [5, 5.41) is 6.43. The van der Waals surface area contributed by atoms with Crippen LogP contribution in [-0.4, -0.2) is 25.0 Å². The summed E-state index contributed by atoms with van der Waals surface area (Å²) >= 11 is 0. The first kappa shape index (κ1) is 13.1. The molecule has 3 nitrogen and oxygen atoms in total. The molecule has 3 heteroatoms. The van der Waals surface area contributed by atoms with Gasteiger partial charge in [0, 0.05) is 12.5 Å². The van der Waals surface area contributed by atoms with Crippen molar-refractivity contribution < 1.29 is 4.79 Å². The summed E-state index contributed by atoms with van der Waals surface area (Å²) in [6, 6.07) is 8.64. The van der Waals surface area contributed by atoms with Crippen molar-refractivity contribution in [3.8, 4) is 0 Å². The molecule has 1 saturated heterocycles. The van der Waals surface area contributed by atoms with E-state index in [0.29, 0.717) is 12.5 Å². The highest BCUT2D eigenvalue weighted by Gasteiger charge is 2.15. The minimum absolute atomic E-state index is 0.185. The van der Waals surface area contributed by atoms with Gasteiger partial charge in [-0.25, -0.2) is 0 Å². The zero-order valence-electron chi connectivity index (χ0n) is 11.0. The lowest BCUT2D eigenvalue weighted by atomic mass is 10.0. The number of carbonyl (C=O) groups excluding carboxylic acids is 1. The quantitative estimate of drug-likeness (QED) is 0.850. The third-order valence-corrected chi connectivity index (χ3v) is 3.59. The second-order valence-electron chi connectivity index (χ2n) is 5.02. The molecule has 0 unspecified atom stereocenters. The Bertz CT molecular complexity index is 397. The zero-order chi connectivity index (χ0) is 12.8. The Balaban J connectivity index is 1.76. The van der Waals surface area contributed by atoms with Gasteiger partial charge in [-0.1, -0.05) is 24.3 Å². The highest BCUT2D eigenvalue weighted by Crippen LogP contribution is 2.10. The Morgan fingerprint density at radius 3 is 2.78 bits per heavy atom. The van der Waals surface area contributed by atoms with Gasteiger partial charge in [-0.2, -0.15) is 0 Å². The number of amides is 1. The van der Waals surface area contributed by atoms with E-state index in [-0.39, 0.29) is 5.91 Å². The van der Waals surface area contributed by atoms with Gasteiger partial charge in [0.1, 0.15) is 0 Å². The lowest BCUT2D eigenvalue weighted by Gasteiger charge is -2.23. The maximum absolute atomic E-state index is 11.9. The first-order valence-electron chi connectivity index (χ1n) is 6.80. The summed E-state index contributed by atoms with van der Waals surface area (Å²) in [5.74, 6) is 0.185. The van der Waals surface area contributed by atoms with E-state index in [2.05, 4.69) is 29.7 Å². The highest BCUT2D eigenvalue weighted by atomic mass is 16.1. The third kappa shape index (κ3) is 3.84. The van der Waals surface area contributed by atoms with Crippen molar-refractivity contribution in [3.63, 3.8) is 0 Å². The molecule has 0 saturated carbocycles. The van der Waals surface area contributed by atoms with Gasteiger partial charge in [-0.3, -0.25) is 4.79 Å². The first-order chi connectivity index (χ1) is 8.75. The standard InChI is InChI=1S/C15H22N2O/c1-12-4-2-3-5-13(12)6-7-15(18)17-14-8-10-16-11-9-14/h2-5,14,16H,6-11H2,1H3,(H,17,18). The monoisotopic (exact) mass is 246 g/mol. The highest BCUT2D eigenvalue weighted by molar-refractivity contribution is 5.76. The molecule has 2 N–H and O–H groups in total. The largest absolute Gasteiger partial charge is 0.353 e. The fourth-order valence-corrected chi connectivity index (χ4v) is 2.40. The summed E-state index contributed by atoms with van der Waals surface area (Å²) in [4.78, 5) is 11.9. The van der Waals surface area contributed by atoms with Crippen molar-refractivity contribution in [1.82, 2.24) is 10.6 Å². The van der Waals surface area contributed by atoms with Crippen LogP contribution in [0.4, 0.5) is 0 Å². The van der Waals surface area contributed by atoms with E-state index in [4.69, 9.17) is 0 Å². The van der Waals surface area contributed by atoms with Crippen molar-refractivity contribution in [2.24, 2.45) is 0 Å². The van der Waals surface area contributed by atoms with Crippen LogP contribution in [0.5, 0.6) is 0 Å². The van der Waals surface area contributed by atoms with Crippen molar-refractivity contribution >= 4 is 5.91 Å². The molecule has 1 aromatic carbocycles. The molecule has 0 aliphatic carbocycles. The van der Waals surface area contributed by atoms with E-state index >= 15 is 0 Å². The van der Waals surface area contributed by atoms with Crippen LogP contribution in [0.3, 0.4) is 0 Å². The van der Waals surface area contributed by atoms with Gasteiger partial charge in [0.2, 0.25) is 5.91 Å². The molecule has 0 atom stereocenters. The fourth-order valence-electron chi connectivity index (χ4n) is 2.40. The number of hydrogen-bond donors (Lipinski definition) is 2. The first-order valence-corrected chi connectivity index (χ1v) is 6.80. The van der Waals surface area contributed by atoms with Crippen LogP contribution in [0.2, 0.25) is 0 Å². The number of piperidine rings is 1. The SMILES string of the molecule is Cc1ccccc1CCC(=O)NC1CCNCC1. The van der Waals surface area contributed by atoms with Crippen molar-refractivity contribution in [2.45, 2.75) is 38.6 Å². The Labute approximate surface area is 109 Å².